The summed E-state index contributed by atoms with van der Waals surface area (Å²) in [5.41, 5.74) is 0.171. The van der Waals surface area contributed by atoms with E-state index in [4.69, 9.17) is 5.11 Å². The summed E-state index contributed by atoms with van der Waals surface area (Å²) in [4.78, 5) is 14.9. The van der Waals surface area contributed by atoms with Crippen LogP contribution in [0.25, 0.3) is 0 Å². The second-order valence-electron chi connectivity index (χ2n) is 4.48. The SMILES string of the molecule is CC(C)Cn1ncnc1Cn1cc(C(=O)O)cn1. The molecule has 18 heavy (non-hydrogen) atoms. The molecule has 7 nitrogen and oxygen atoms in total. The highest BCUT2D eigenvalue weighted by molar-refractivity contribution is 5.86. The highest BCUT2D eigenvalue weighted by Gasteiger charge is 2.10. The van der Waals surface area contributed by atoms with Gasteiger partial charge in [-0.15, -0.1) is 0 Å². The van der Waals surface area contributed by atoms with Crippen LogP contribution in [-0.4, -0.2) is 35.6 Å². The van der Waals surface area contributed by atoms with Gasteiger partial charge in [0, 0.05) is 12.7 Å². The first-order valence-corrected chi connectivity index (χ1v) is 5.68. The Balaban J connectivity index is 2.13. The Kier molecular flexibility index (Phi) is 3.40. The summed E-state index contributed by atoms with van der Waals surface area (Å²) >= 11 is 0. The summed E-state index contributed by atoms with van der Waals surface area (Å²) in [5.74, 6) is 0.256. The van der Waals surface area contributed by atoms with Crippen molar-refractivity contribution >= 4 is 5.97 Å². The molecule has 0 saturated heterocycles. The van der Waals surface area contributed by atoms with E-state index in [9.17, 15) is 4.79 Å². The first kappa shape index (κ1) is 12.3. The van der Waals surface area contributed by atoms with Crippen LogP contribution in [-0.2, 0) is 13.1 Å². The second kappa shape index (κ2) is 4.99. The van der Waals surface area contributed by atoms with Crippen LogP contribution >= 0.6 is 0 Å². The number of nitrogens with zero attached hydrogens (tertiary/aromatic N) is 5. The average molecular weight is 249 g/mol. The van der Waals surface area contributed by atoms with Crippen LogP contribution in [0.4, 0.5) is 0 Å². The van der Waals surface area contributed by atoms with Crippen molar-refractivity contribution in [1.29, 1.82) is 0 Å². The largest absolute Gasteiger partial charge is 0.478 e. The number of carbonyl (C=O) groups is 1. The maximum atomic E-state index is 10.7. The molecule has 0 amide bonds. The van der Waals surface area contributed by atoms with Gasteiger partial charge in [0.2, 0.25) is 0 Å². The van der Waals surface area contributed by atoms with Crippen molar-refractivity contribution in [3.8, 4) is 0 Å². The number of carboxylic acids is 1. The van der Waals surface area contributed by atoms with Gasteiger partial charge < -0.3 is 5.11 Å². The van der Waals surface area contributed by atoms with E-state index >= 15 is 0 Å². The van der Waals surface area contributed by atoms with E-state index in [0.717, 1.165) is 12.4 Å². The molecule has 0 atom stereocenters. The molecule has 0 aromatic carbocycles. The second-order valence-corrected chi connectivity index (χ2v) is 4.48. The molecular weight excluding hydrogens is 234 g/mol. The number of aromatic nitrogens is 5. The Bertz CT molecular complexity index is 543. The van der Waals surface area contributed by atoms with E-state index in [1.807, 2.05) is 4.68 Å². The Morgan fingerprint density at radius 3 is 2.83 bits per heavy atom. The van der Waals surface area contributed by atoms with Crippen molar-refractivity contribution in [2.45, 2.75) is 26.9 Å². The van der Waals surface area contributed by atoms with Gasteiger partial charge in [-0.1, -0.05) is 13.8 Å². The lowest BCUT2D eigenvalue weighted by molar-refractivity contribution is 0.0697. The smallest absolute Gasteiger partial charge is 0.338 e. The lowest BCUT2D eigenvalue weighted by Gasteiger charge is -2.08. The van der Waals surface area contributed by atoms with Crippen molar-refractivity contribution in [3.05, 3.63) is 30.1 Å². The van der Waals surface area contributed by atoms with Gasteiger partial charge in [0.15, 0.2) is 0 Å². The predicted octanol–water partition coefficient (Wildman–Crippen LogP) is 0.877. The van der Waals surface area contributed by atoms with Gasteiger partial charge in [0.25, 0.3) is 0 Å². The molecule has 7 heteroatoms. The van der Waals surface area contributed by atoms with Crippen LogP contribution in [0.15, 0.2) is 18.7 Å². The Morgan fingerprint density at radius 2 is 2.22 bits per heavy atom. The third-order valence-corrected chi connectivity index (χ3v) is 2.42. The molecule has 0 saturated carbocycles. The van der Waals surface area contributed by atoms with Crippen LogP contribution in [0.3, 0.4) is 0 Å². The maximum Gasteiger partial charge on any atom is 0.338 e. The Labute approximate surface area is 104 Å². The van der Waals surface area contributed by atoms with Crippen molar-refractivity contribution in [1.82, 2.24) is 24.5 Å². The molecule has 2 aromatic rings. The van der Waals surface area contributed by atoms with Crippen LogP contribution in [0, 0.1) is 5.92 Å². The van der Waals surface area contributed by atoms with Gasteiger partial charge in [-0.3, -0.25) is 4.68 Å². The van der Waals surface area contributed by atoms with Crippen molar-refractivity contribution in [2.75, 3.05) is 0 Å². The van der Waals surface area contributed by atoms with Gasteiger partial charge in [-0.2, -0.15) is 10.2 Å². The molecule has 0 aliphatic carbocycles. The summed E-state index contributed by atoms with van der Waals surface area (Å²) in [6.07, 6.45) is 4.31. The molecule has 2 rings (SSSR count). The minimum Gasteiger partial charge on any atom is -0.478 e. The lowest BCUT2D eigenvalue weighted by Crippen LogP contribution is -2.13. The Morgan fingerprint density at radius 1 is 1.44 bits per heavy atom. The van der Waals surface area contributed by atoms with Crippen LogP contribution < -0.4 is 0 Å². The summed E-state index contributed by atoms with van der Waals surface area (Å²) in [5, 5.41) is 16.9. The standard InChI is InChI=1S/C11H15N5O2/c1-8(2)4-16-10(12-7-14-16)6-15-5-9(3-13-15)11(17)18/h3,5,7-8H,4,6H2,1-2H3,(H,17,18). The van der Waals surface area contributed by atoms with Crippen molar-refractivity contribution < 1.29 is 9.90 Å². The Hall–Kier alpha value is -2.18. The van der Waals surface area contributed by atoms with E-state index in [1.165, 1.54) is 18.7 Å². The normalized spacial score (nSPS) is 11.1. The molecule has 2 heterocycles. The van der Waals surface area contributed by atoms with E-state index in [-0.39, 0.29) is 5.56 Å². The third-order valence-electron chi connectivity index (χ3n) is 2.42. The fourth-order valence-electron chi connectivity index (χ4n) is 1.61. The lowest BCUT2D eigenvalue weighted by atomic mass is 10.2. The monoisotopic (exact) mass is 249 g/mol. The first-order chi connectivity index (χ1) is 8.56. The predicted molar refractivity (Wildman–Crippen MR) is 63.1 cm³/mol. The molecule has 0 spiro atoms. The fourth-order valence-corrected chi connectivity index (χ4v) is 1.61. The highest BCUT2D eigenvalue weighted by atomic mass is 16.4. The molecular formula is C11H15N5O2. The molecule has 0 unspecified atom stereocenters. The van der Waals surface area contributed by atoms with Crippen LogP contribution in [0.2, 0.25) is 0 Å². The van der Waals surface area contributed by atoms with Gasteiger partial charge in [-0.25, -0.2) is 14.5 Å². The third kappa shape index (κ3) is 2.73. The summed E-state index contributed by atoms with van der Waals surface area (Å²) in [7, 11) is 0. The van der Waals surface area contributed by atoms with Crippen LogP contribution in [0.1, 0.15) is 30.0 Å². The molecule has 0 radical (unpaired) electrons. The molecule has 0 aliphatic heterocycles. The zero-order valence-electron chi connectivity index (χ0n) is 10.3. The molecule has 96 valence electrons. The van der Waals surface area contributed by atoms with Crippen molar-refractivity contribution in [3.63, 3.8) is 0 Å². The summed E-state index contributed by atoms with van der Waals surface area (Å²) in [6, 6.07) is 0. The number of rotatable bonds is 5. The molecule has 1 N–H and O–H groups in total. The van der Waals surface area contributed by atoms with Gasteiger partial charge >= 0.3 is 5.97 Å². The molecule has 0 bridgehead atoms. The maximum absolute atomic E-state index is 10.7. The van der Waals surface area contributed by atoms with Gasteiger partial charge in [0.1, 0.15) is 18.7 Å². The number of hydrogen-bond donors (Lipinski definition) is 1. The zero-order valence-corrected chi connectivity index (χ0v) is 10.3. The average Bonchev–Trinajstić information content (AvgIpc) is 2.89. The fraction of sp³-hybridized carbons (Fsp3) is 0.455. The molecule has 2 aromatic heterocycles. The molecule has 0 aliphatic rings. The van der Waals surface area contributed by atoms with Crippen molar-refractivity contribution in [2.24, 2.45) is 5.92 Å². The number of carboxylic acid groups (broad SMARTS) is 1. The van der Waals surface area contributed by atoms with E-state index in [2.05, 4.69) is 29.0 Å². The first-order valence-electron chi connectivity index (χ1n) is 5.68. The quantitative estimate of drug-likeness (QED) is 0.850. The van der Waals surface area contributed by atoms with E-state index in [1.54, 1.807) is 4.68 Å². The highest BCUT2D eigenvalue weighted by Crippen LogP contribution is 2.04. The minimum absolute atomic E-state index is 0.171. The van der Waals surface area contributed by atoms with Gasteiger partial charge in [-0.05, 0) is 5.92 Å². The summed E-state index contributed by atoms with van der Waals surface area (Å²) in [6.45, 7) is 5.40. The van der Waals surface area contributed by atoms with E-state index < -0.39 is 5.97 Å². The van der Waals surface area contributed by atoms with E-state index in [0.29, 0.717) is 12.5 Å². The summed E-state index contributed by atoms with van der Waals surface area (Å²) < 4.78 is 3.36. The number of aromatic carboxylic acids is 1. The topological polar surface area (TPSA) is 85.8 Å². The van der Waals surface area contributed by atoms with Crippen LogP contribution in [0.5, 0.6) is 0 Å². The number of hydrogen-bond acceptors (Lipinski definition) is 4. The zero-order chi connectivity index (χ0) is 13.1. The van der Waals surface area contributed by atoms with Gasteiger partial charge in [0.05, 0.1) is 11.8 Å². The molecule has 0 fully saturated rings. The minimum atomic E-state index is -0.982.